The van der Waals surface area contributed by atoms with Gasteiger partial charge in [-0.25, -0.2) is 0 Å². The predicted octanol–water partition coefficient (Wildman–Crippen LogP) is 2.53. The van der Waals surface area contributed by atoms with Gasteiger partial charge in [0, 0.05) is 12.1 Å². The van der Waals surface area contributed by atoms with E-state index in [9.17, 15) is 4.79 Å². The van der Waals surface area contributed by atoms with Crippen molar-refractivity contribution in [1.82, 2.24) is 4.98 Å². The highest BCUT2D eigenvalue weighted by Crippen LogP contribution is 2.17. The van der Waals surface area contributed by atoms with Crippen LogP contribution in [0.5, 0.6) is 0 Å². The minimum Gasteiger partial charge on any atom is -0.356 e. The molecule has 0 bridgehead atoms. The highest BCUT2D eigenvalue weighted by molar-refractivity contribution is 5.96. The number of aryl methyl sites for hydroxylation is 1. The molecular formula is C10H15NO. The SMILES string of the molecule is CCC(=O)c1[nH]c(C)c(C)c1C. The van der Waals surface area contributed by atoms with Gasteiger partial charge in [0.05, 0.1) is 5.69 Å². The fourth-order valence-corrected chi connectivity index (χ4v) is 1.30. The second-order valence-electron chi connectivity index (χ2n) is 3.15. The van der Waals surface area contributed by atoms with Crippen molar-refractivity contribution in [3.63, 3.8) is 0 Å². The fourth-order valence-electron chi connectivity index (χ4n) is 1.30. The number of hydrogen-bond acceptors (Lipinski definition) is 1. The number of aromatic amines is 1. The van der Waals surface area contributed by atoms with Gasteiger partial charge in [-0.05, 0) is 31.9 Å². The van der Waals surface area contributed by atoms with Gasteiger partial charge in [-0.3, -0.25) is 4.79 Å². The van der Waals surface area contributed by atoms with Crippen LogP contribution in [0.15, 0.2) is 0 Å². The van der Waals surface area contributed by atoms with Gasteiger partial charge >= 0.3 is 0 Å². The van der Waals surface area contributed by atoms with E-state index in [2.05, 4.69) is 4.98 Å². The molecule has 0 unspecified atom stereocenters. The Morgan fingerprint density at radius 2 is 1.83 bits per heavy atom. The van der Waals surface area contributed by atoms with Crippen LogP contribution >= 0.6 is 0 Å². The molecule has 1 aromatic heterocycles. The molecule has 1 rings (SSSR count). The van der Waals surface area contributed by atoms with Gasteiger partial charge in [-0.2, -0.15) is 0 Å². The summed E-state index contributed by atoms with van der Waals surface area (Å²) in [5, 5.41) is 0. The van der Waals surface area contributed by atoms with E-state index in [0.717, 1.165) is 17.0 Å². The van der Waals surface area contributed by atoms with Crippen LogP contribution in [-0.4, -0.2) is 10.8 Å². The zero-order valence-corrected chi connectivity index (χ0v) is 8.12. The van der Waals surface area contributed by atoms with E-state index in [4.69, 9.17) is 0 Å². The van der Waals surface area contributed by atoms with Crippen LogP contribution in [-0.2, 0) is 0 Å². The summed E-state index contributed by atoms with van der Waals surface area (Å²) in [7, 11) is 0. The fraction of sp³-hybridized carbons (Fsp3) is 0.500. The van der Waals surface area contributed by atoms with Crippen molar-refractivity contribution in [2.45, 2.75) is 34.1 Å². The summed E-state index contributed by atoms with van der Waals surface area (Å²) in [5.74, 6) is 0.198. The molecule has 0 aromatic carbocycles. The number of carbonyl (C=O) groups excluding carboxylic acids is 1. The molecule has 2 nitrogen and oxygen atoms in total. The van der Waals surface area contributed by atoms with E-state index in [0.29, 0.717) is 6.42 Å². The zero-order valence-electron chi connectivity index (χ0n) is 8.12. The van der Waals surface area contributed by atoms with Gasteiger partial charge in [-0.1, -0.05) is 6.92 Å². The molecule has 2 heteroatoms. The van der Waals surface area contributed by atoms with Crippen molar-refractivity contribution >= 4 is 5.78 Å². The van der Waals surface area contributed by atoms with Crippen LogP contribution in [0.4, 0.5) is 0 Å². The lowest BCUT2D eigenvalue weighted by atomic mass is 10.1. The smallest absolute Gasteiger partial charge is 0.179 e. The first kappa shape index (κ1) is 9.04. The van der Waals surface area contributed by atoms with Gasteiger partial charge in [0.15, 0.2) is 5.78 Å². The molecular weight excluding hydrogens is 150 g/mol. The maximum atomic E-state index is 11.4. The number of rotatable bonds is 2. The molecule has 1 aromatic rings. The van der Waals surface area contributed by atoms with Gasteiger partial charge in [0.25, 0.3) is 0 Å². The summed E-state index contributed by atoms with van der Waals surface area (Å²) in [6.45, 7) is 7.90. The molecule has 0 aliphatic carbocycles. The highest BCUT2D eigenvalue weighted by Gasteiger charge is 2.12. The van der Waals surface area contributed by atoms with E-state index < -0.39 is 0 Å². The number of nitrogens with one attached hydrogen (secondary N) is 1. The van der Waals surface area contributed by atoms with E-state index in [1.807, 2.05) is 27.7 Å². The minimum atomic E-state index is 0.198. The van der Waals surface area contributed by atoms with Crippen LogP contribution in [0.25, 0.3) is 0 Å². The molecule has 0 spiro atoms. The van der Waals surface area contributed by atoms with Crippen molar-refractivity contribution in [2.75, 3.05) is 0 Å². The quantitative estimate of drug-likeness (QED) is 0.671. The number of Topliss-reactive ketones (excluding diaryl/α,β-unsaturated/α-hetero) is 1. The molecule has 0 atom stereocenters. The molecule has 66 valence electrons. The van der Waals surface area contributed by atoms with Crippen molar-refractivity contribution in [3.05, 3.63) is 22.5 Å². The second kappa shape index (κ2) is 3.13. The lowest BCUT2D eigenvalue weighted by Crippen LogP contribution is -1.98. The van der Waals surface area contributed by atoms with E-state index in [1.165, 1.54) is 5.56 Å². The average molecular weight is 165 g/mol. The molecule has 0 aliphatic rings. The van der Waals surface area contributed by atoms with Crippen LogP contribution in [0.1, 0.15) is 40.7 Å². The third-order valence-corrected chi connectivity index (χ3v) is 2.41. The number of carbonyl (C=O) groups is 1. The van der Waals surface area contributed by atoms with Crippen LogP contribution in [0, 0.1) is 20.8 Å². The first-order valence-electron chi connectivity index (χ1n) is 4.26. The Hall–Kier alpha value is -1.05. The number of ketones is 1. The summed E-state index contributed by atoms with van der Waals surface area (Å²) in [6.07, 6.45) is 0.570. The zero-order chi connectivity index (χ0) is 9.30. The highest BCUT2D eigenvalue weighted by atomic mass is 16.1. The Morgan fingerprint density at radius 1 is 1.25 bits per heavy atom. The Balaban J connectivity index is 3.17. The van der Waals surface area contributed by atoms with Crippen molar-refractivity contribution in [3.8, 4) is 0 Å². The molecule has 0 amide bonds. The number of aromatic nitrogens is 1. The lowest BCUT2D eigenvalue weighted by Gasteiger charge is -1.95. The second-order valence-corrected chi connectivity index (χ2v) is 3.15. The van der Waals surface area contributed by atoms with Crippen molar-refractivity contribution in [1.29, 1.82) is 0 Å². The van der Waals surface area contributed by atoms with E-state index in [-0.39, 0.29) is 5.78 Å². The van der Waals surface area contributed by atoms with Gasteiger partial charge < -0.3 is 4.98 Å². The largest absolute Gasteiger partial charge is 0.356 e. The predicted molar refractivity (Wildman–Crippen MR) is 49.6 cm³/mol. The van der Waals surface area contributed by atoms with Gasteiger partial charge in [0.1, 0.15) is 0 Å². The molecule has 12 heavy (non-hydrogen) atoms. The minimum absolute atomic E-state index is 0.198. The molecule has 1 N–H and O–H groups in total. The molecule has 0 radical (unpaired) electrons. The van der Waals surface area contributed by atoms with E-state index >= 15 is 0 Å². The van der Waals surface area contributed by atoms with Gasteiger partial charge in [-0.15, -0.1) is 0 Å². The Labute approximate surface area is 73.0 Å². The summed E-state index contributed by atoms with van der Waals surface area (Å²) >= 11 is 0. The molecule has 0 aliphatic heterocycles. The van der Waals surface area contributed by atoms with Crippen molar-refractivity contribution in [2.24, 2.45) is 0 Å². The standard InChI is InChI=1S/C10H15NO/c1-5-9(12)10-7(3)6(2)8(4)11-10/h11H,5H2,1-4H3. The number of H-pyrrole nitrogens is 1. The van der Waals surface area contributed by atoms with Crippen LogP contribution in [0.3, 0.4) is 0 Å². The maximum Gasteiger partial charge on any atom is 0.179 e. The third-order valence-electron chi connectivity index (χ3n) is 2.41. The molecule has 1 heterocycles. The monoisotopic (exact) mass is 165 g/mol. The number of hydrogen-bond donors (Lipinski definition) is 1. The summed E-state index contributed by atoms with van der Waals surface area (Å²) in [5.41, 5.74) is 4.18. The molecule has 0 saturated heterocycles. The average Bonchev–Trinajstić information content (AvgIpc) is 2.32. The van der Waals surface area contributed by atoms with Crippen molar-refractivity contribution < 1.29 is 4.79 Å². The topological polar surface area (TPSA) is 32.9 Å². The Morgan fingerprint density at radius 3 is 2.17 bits per heavy atom. The Kier molecular flexibility index (Phi) is 2.36. The third kappa shape index (κ3) is 1.29. The molecule has 0 fully saturated rings. The van der Waals surface area contributed by atoms with Crippen LogP contribution < -0.4 is 0 Å². The van der Waals surface area contributed by atoms with E-state index in [1.54, 1.807) is 0 Å². The lowest BCUT2D eigenvalue weighted by molar-refractivity contribution is 0.0983. The molecule has 0 saturated carbocycles. The van der Waals surface area contributed by atoms with Crippen LogP contribution in [0.2, 0.25) is 0 Å². The Bertz CT molecular complexity index is 310. The van der Waals surface area contributed by atoms with Gasteiger partial charge in [0.2, 0.25) is 0 Å². The normalized spacial score (nSPS) is 10.3. The first-order chi connectivity index (χ1) is 5.57. The maximum absolute atomic E-state index is 11.4. The summed E-state index contributed by atoms with van der Waals surface area (Å²) in [6, 6.07) is 0. The summed E-state index contributed by atoms with van der Waals surface area (Å²) < 4.78 is 0. The summed E-state index contributed by atoms with van der Waals surface area (Å²) in [4.78, 5) is 14.5. The first-order valence-corrected chi connectivity index (χ1v) is 4.26.